The molecule has 1 unspecified atom stereocenters. The van der Waals surface area contributed by atoms with Crippen LogP contribution in [0.5, 0.6) is 0 Å². The lowest BCUT2D eigenvalue weighted by atomic mass is 10.0. The molecule has 1 rings (SSSR count). The number of aromatic nitrogens is 2. The molecule has 1 N–H and O–H groups in total. The van der Waals surface area contributed by atoms with Crippen LogP contribution in [0, 0.1) is 6.92 Å². The Balaban J connectivity index is 2.65. The molecule has 0 aromatic carbocycles. The average Bonchev–Trinajstić information content (AvgIpc) is 2.53. The van der Waals surface area contributed by atoms with Crippen LogP contribution in [0.2, 0.25) is 0 Å². The standard InChI is InChI=1S/C12H21N3/c1-5-6-7-8-12(13-3)11-9-15(4)14-10(11)2/h5,9,12-13H,1,6-8H2,2-4H3. The van der Waals surface area contributed by atoms with Crippen molar-refractivity contribution >= 4 is 0 Å². The molecule has 1 atom stereocenters. The average molecular weight is 207 g/mol. The molecule has 0 bridgehead atoms. The van der Waals surface area contributed by atoms with Crippen LogP contribution in [0.25, 0.3) is 0 Å². The van der Waals surface area contributed by atoms with Gasteiger partial charge in [0.15, 0.2) is 0 Å². The molecule has 0 fully saturated rings. The summed E-state index contributed by atoms with van der Waals surface area (Å²) in [5.74, 6) is 0. The second-order valence-corrected chi connectivity index (χ2v) is 3.90. The fourth-order valence-corrected chi connectivity index (χ4v) is 1.88. The predicted molar refractivity (Wildman–Crippen MR) is 63.8 cm³/mol. The van der Waals surface area contributed by atoms with Crippen molar-refractivity contribution in [1.29, 1.82) is 0 Å². The van der Waals surface area contributed by atoms with Crippen molar-refractivity contribution in [3.8, 4) is 0 Å². The van der Waals surface area contributed by atoms with Crippen LogP contribution in [0.15, 0.2) is 18.9 Å². The molecule has 0 spiro atoms. The van der Waals surface area contributed by atoms with E-state index in [4.69, 9.17) is 0 Å². The lowest BCUT2D eigenvalue weighted by Crippen LogP contribution is -2.16. The van der Waals surface area contributed by atoms with Gasteiger partial charge in [-0.2, -0.15) is 5.10 Å². The Labute approximate surface area is 92.2 Å². The molecular weight excluding hydrogens is 186 g/mol. The van der Waals surface area contributed by atoms with Gasteiger partial charge >= 0.3 is 0 Å². The number of hydrogen-bond donors (Lipinski definition) is 1. The highest BCUT2D eigenvalue weighted by molar-refractivity contribution is 5.19. The van der Waals surface area contributed by atoms with Gasteiger partial charge in [0.05, 0.1) is 5.69 Å². The summed E-state index contributed by atoms with van der Waals surface area (Å²) in [6, 6.07) is 0.415. The summed E-state index contributed by atoms with van der Waals surface area (Å²) in [7, 11) is 3.97. The maximum Gasteiger partial charge on any atom is 0.0641 e. The van der Waals surface area contributed by atoms with Gasteiger partial charge in [0, 0.05) is 24.8 Å². The lowest BCUT2D eigenvalue weighted by Gasteiger charge is -2.14. The van der Waals surface area contributed by atoms with E-state index in [0.717, 1.165) is 18.5 Å². The molecule has 0 amide bonds. The van der Waals surface area contributed by atoms with Crippen molar-refractivity contribution < 1.29 is 0 Å². The monoisotopic (exact) mass is 207 g/mol. The van der Waals surface area contributed by atoms with Crippen molar-refractivity contribution in [2.24, 2.45) is 7.05 Å². The van der Waals surface area contributed by atoms with Crippen molar-refractivity contribution in [1.82, 2.24) is 15.1 Å². The molecule has 0 saturated heterocycles. The van der Waals surface area contributed by atoms with Crippen molar-refractivity contribution in [2.75, 3.05) is 7.05 Å². The highest BCUT2D eigenvalue weighted by Crippen LogP contribution is 2.21. The second-order valence-electron chi connectivity index (χ2n) is 3.90. The summed E-state index contributed by atoms with van der Waals surface area (Å²) >= 11 is 0. The molecule has 15 heavy (non-hydrogen) atoms. The predicted octanol–water partition coefficient (Wildman–Crippen LogP) is 2.35. The van der Waals surface area contributed by atoms with E-state index in [1.165, 1.54) is 12.0 Å². The van der Waals surface area contributed by atoms with E-state index in [2.05, 4.69) is 30.1 Å². The van der Waals surface area contributed by atoms with Crippen LogP contribution in [0.1, 0.15) is 36.6 Å². The quantitative estimate of drug-likeness (QED) is 0.573. The molecular formula is C12H21N3. The second kappa shape index (κ2) is 5.71. The largest absolute Gasteiger partial charge is 0.313 e. The van der Waals surface area contributed by atoms with Crippen LogP contribution in [0.3, 0.4) is 0 Å². The van der Waals surface area contributed by atoms with Gasteiger partial charge in [0.25, 0.3) is 0 Å². The number of nitrogens with one attached hydrogen (secondary N) is 1. The third-order valence-corrected chi connectivity index (χ3v) is 2.68. The highest BCUT2D eigenvalue weighted by Gasteiger charge is 2.13. The molecule has 0 aliphatic rings. The summed E-state index contributed by atoms with van der Waals surface area (Å²) in [6.45, 7) is 5.80. The Kier molecular flexibility index (Phi) is 4.56. The number of aryl methyl sites for hydroxylation is 2. The molecule has 0 aliphatic heterocycles. The highest BCUT2D eigenvalue weighted by atomic mass is 15.3. The number of unbranched alkanes of at least 4 members (excludes halogenated alkanes) is 1. The Bertz CT molecular complexity index is 315. The molecule has 84 valence electrons. The number of nitrogens with zero attached hydrogens (tertiary/aromatic N) is 2. The van der Waals surface area contributed by atoms with Crippen LogP contribution >= 0.6 is 0 Å². The zero-order valence-corrected chi connectivity index (χ0v) is 9.95. The van der Waals surface area contributed by atoms with Gasteiger partial charge in [0.1, 0.15) is 0 Å². The Hall–Kier alpha value is -1.09. The Morgan fingerprint density at radius 3 is 2.87 bits per heavy atom. The van der Waals surface area contributed by atoms with Crippen LogP contribution in [-0.2, 0) is 7.05 Å². The molecule has 1 aromatic heterocycles. The fraction of sp³-hybridized carbons (Fsp3) is 0.583. The van der Waals surface area contributed by atoms with Gasteiger partial charge in [-0.15, -0.1) is 6.58 Å². The topological polar surface area (TPSA) is 29.9 Å². The minimum absolute atomic E-state index is 0.415. The minimum Gasteiger partial charge on any atom is -0.313 e. The van der Waals surface area contributed by atoms with E-state index >= 15 is 0 Å². The maximum absolute atomic E-state index is 4.36. The van der Waals surface area contributed by atoms with Gasteiger partial charge in [-0.05, 0) is 33.2 Å². The fourth-order valence-electron chi connectivity index (χ4n) is 1.88. The van der Waals surface area contributed by atoms with Gasteiger partial charge in [-0.3, -0.25) is 4.68 Å². The van der Waals surface area contributed by atoms with E-state index in [1.807, 2.05) is 24.9 Å². The third-order valence-electron chi connectivity index (χ3n) is 2.68. The van der Waals surface area contributed by atoms with Crippen molar-refractivity contribution in [3.05, 3.63) is 30.1 Å². The van der Waals surface area contributed by atoms with Crippen LogP contribution < -0.4 is 5.32 Å². The van der Waals surface area contributed by atoms with Crippen molar-refractivity contribution in [2.45, 2.75) is 32.2 Å². The van der Waals surface area contributed by atoms with E-state index in [9.17, 15) is 0 Å². The van der Waals surface area contributed by atoms with E-state index in [0.29, 0.717) is 6.04 Å². The number of hydrogen-bond acceptors (Lipinski definition) is 2. The third kappa shape index (κ3) is 3.20. The van der Waals surface area contributed by atoms with Gasteiger partial charge in [-0.25, -0.2) is 0 Å². The molecule has 0 saturated carbocycles. The smallest absolute Gasteiger partial charge is 0.0641 e. The minimum atomic E-state index is 0.415. The number of allylic oxidation sites excluding steroid dienone is 1. The summed E-state index contributed by atoms with van der Waals surface area (Å²) in [6.07, 6.45) is 7.46. The van der Waals surface area contributed by atoms with Crippen molar-refractivity contribution in [3.63, 3.8) is 0 Å². The maximum atomic E-state index is 4.36. The molecule has 0 radical (unpaired) electrons. The molecule has 1 aromatic rings. The van der Waals surface area contributed by atoms with Gasteiger partial charge < -0.3 is 5.32 Å². The van der Waals surface area contributed by atoms with Crippen LogP contribution in [0.4, 0.5) is 0 Å². The SMILES string of the molecule is C=CCCCC(NC)c1cn(C)nc1C. The van der Waals surface area contributed by atoms with Gasteiger partial charge in [0.2, 0.25) is 0 Å². The first-order valence-corrected chi connectivity index (χ1v) is 5.47. The first-order chi connectivity index (χ1) is 7.19. The van der Waals surface area contributed by atoms with Crippen LogP contribution in [-0.4, -0.2) is 16.8 Å². The van der Waals surface area contributed by atoms with E-state index in [1.54, 1.807) is 0 Å². The molecule has 3 heteroatoms. The molecule has 3 nitrogen and oxygen atoms in total. The number of rotatable bonds is 6. The Morgan fingerprint density at radius 2 is 2.40 bits per heavy atom. The molecule has 1 heterocycles. The Morgan fingerprint density at radius 1 is 1.67 bits per heavy atom. The first-order valence-electron chi connectivity index (χ1n) is 5.47. The molecule has 0 aliphatic carbocycles. The van der Waals surface area contributed by atoms with E-state index < -0.39 is 0 Å². The first kappa shape index (κ1) is 12.0. The summed E-state index contributed by atoms with van der Waals surface area (Å²) < 4.78 is 1.88. The normalized spacial score (nSPS) is 12.7. The lowest BCUT2D eigenvalue weighted by molar-refractivity contribution is 0.527. The van der Waals surface area contributed by atoms with E-state index in [-0.39, 0.29) is 0 Å². The summed E-state index contributed by atoms with van der Waals surface area (Å²) in [4.78, 5) is 0. The van der Waals surface area contributed by atoms with Gasteiger partial charge in [-0.1, -0.05) is 6.08 Å². The zero-order chi connectivity index (χ0) is 11.3. The summed E-state index contributed by atoms with van der Waals surface area (Å²) in [5.41, 5.74) is 2.43. The summed E-state index contributed by atoms with van der Waals surface area (Å²) in [5, 5.41) is 7.71. The zero-order valence-electron chi connectivity index (χ0n) is 9.95.